The van der Waals surface area contributed by atoms with Crippen molar-refractivity contribution in [3.8, 4) is 0 Å². The van der Waals surface area contributed by atoms with E-state index in [1.807, 2.05) is 27.7 Å². The van der Waals surface area contributed by atoms with Crippen LogP contribution in [0.1, 0.15) is 53.4 Å². The lowest BCUT2D eigenvalue weighted by Crippen LogP contribution is -2.33. The topological polar surface area (TPSA) is 122 Å². The molecule has 0 saturated carbocycles. The number of ether oxygens (including phenoxy) is 2. The molecule has 0 rings (SSSR count). The van der Waals surface area contributed by atoms with Crippen LogP contribution in [0.4, 0.5) is 0 Å². The summed E-state index contributed by atoms with van der Waals surface area (Å²) in [5, 5.41) is 6.23. The highest BCUT2D eigenvalue weighted by Crippen LogP contribution is 2.20. The number of nitrogens with one attached hydrogen (secondary N) is 1. The lowest BCUT2D eigenvalue weighted by molar-refractivity contribution is -0.123. The van der Waals surface area contributed by atoms with E-state index in [0.29, 0.717) is 52.1 Å². The molecular formula is C16H33N5O3. The molecule has 3 N–H and O–H groups in total. The Balaban J connectivity index is 3.91. The molecule has 0 fully saturated rings. The van der Waals surface area contributed by atoms with Crippen LogP contribution < -0.4 is 11.1 Å². The van der Waals surface area contributed by atoms with Crippen LogP contribution in [0.2, 0.25) is 0 Å². The third-order valence-electron chi connectivity index (χ3n) is 3.58. The lowest BCUT2D eigenvalue weighted by atomic mass is 10.0. The molecule has 8 heteroatoms. The first kappa shape index (κ1) is 22.7. The standard InChI is InChI=1S/C16H33N5O3/c1-15(2,23-12-8-16(3,4)24-13-9-17)7-6-14(22)19-10-5-11-20-21-18/h5-13,17H2,1-4H3,(H,19,22). The molecular weight excluding hydrogens is 310 g/mol. The van der Waals surface area contributed by atoms with E-state index >= 15 is 0 Å². The summed E-state index contributed by atoms with van der Waals surface area (Å²) in [7, 11) is 0. The minimum absolute atomic E-state index is 0.0146. The van der Waals surface area contributed by atoms with Gasteiger partial charge in [0.1, 0.15) is 0 Å². The molecule has 0 spiro atoms. The Morgan fingerprint density at radius 1 is 1.17 bits per heavy atom. The highest BCUT2D eigenvalue weighted by molar-refractivity contribution is 5.75. The van der Waals surface area contributed by atoms with Crippen molar-refractivity contribution < 1.29 is 14.3 Å². The number of hydrogen-bond donors (Lipinski definition) is 2. The van der Waals surface area contributed by atoms with Crippen molar-refractivity contribution in [2.75, 3.05) is 32.8 Å². The van der Waals surface area contributed by atoms with Crippen molar-refractivity contribution in [3.05, 3.63) is 10.4 Å². The van der Waals surface area contributed by atoms with Crippen LogP contribution in [0.3, 0.4) is 0 Å². The highest BCUT2D eigenvalue weighted by atomic mass is 16.5. The summed E-state index contributed by atoms with van der Waals surface area (Å²) < 4.78 is 11.6. The van der Waals surface area contributed by atoms with Crippen LogP contribution in [0.15, 0.2) is 5.11 Å². The fourth-order valence-corrected chi connectivity index (χ4v) is 1.98. The maximum Gasteiger partial charge on any atom is 0.220 e. The van der Waals surface area contributed by atoms with E-state index in [1.165, 1.54) is 0 Å². The number of rotatable bonds is 14. The van der Waals surface area contributed by atoms with E-state index in [4.69, 9.17) is 20.7 Å². The summed E-state index contributed by atoms with van der Waals surface area (Å²) in [5.41, 5.74) is 13.0. The Morgan fingerprint density at radius 2 is 1.79 bits per heavy atom. The Bertz CT molecular complexity index is 407. The van der Waals surface area contributed by atoms with Gasteiger partial charge in [0.05, 0.1) is 24.4 Å². The second kappa shape index (κ2) is 12.1. The number of carbonyl (C=O) groups is 1. The van der Waals surface area contributed by atoms with Gasteiger partial charge in [0.2, 0.25) is 5.91 Å². The first-order chi connectivity index (χ1) is 11.2. The molecule has 1 amide bonds. The average molecular weight is 343 g/mol. The third kappa shape index (κ3) is 13.1. The van der Waals surface area contributed by atoms with Gasteiger partial charge in [-0.25, -0.2) is 0 Å². The molecule has 0 heterocycles. The van der Waals surface area contributed by atoms with Crippen molar-refractivity contribution >= 4 is 5.91 Å². The molecule has 0 radical (unpaired) electrons. The monoisotopic (exact) mass is 343 g/mol. The van der Waals surface area contributed by atoms with Crippen molar-refractivity contribution in [2.45, 2.75) is 64.6 Å². The third-order valence-corrected chi connectivity index (χ3v) is 3.58. The van der Waals surface area contributed by atoms with E-state index in [2.05, 4.69) is 15.3 Å². The van der Waals surface area contributed by atoms with Crippen molar-refractivity contribution in [1.82, 2.24) is 5.32 Å². The first-order valence-corrected chi connectivity index (χ1v) is 8.48. The van der Waals surface area contributed by atoms with Gasteiger partial charge in [-0.05, 0) is 52.5 Å². The molecule has 140 valence electrons. The SMILES string of the molecule is CC(C)(CCOC(C)(C)CCC(=O)NCCCN=[N+]=[N-])OCCN. The number of azide groups is 1. The minimum atomic E-state index is -0.369. The smallest absolute Gasteiger partial charge is 0.220 e. The molecule has 0 aliphatic heterocycles. The molecule has 0 aromatic heterocycles. The predicted molar refractivity (Wildman–Crippen MR) is 94.6 cm³/mol. The number of hydrogen-bond acceptors (Lipinski definition) is 5. The molecule has 0 saturated heterocycles. The zero-order chi connectivity index (χ0) is 18.5. The molecule has 8 nitrogen and oxygen atoms in total. The Hall–Kier alpha value is -1.34. The lowest BCUT2D eigenvalue weighted by Gasteiger charge is -2.29. The van der Waals surface area contributed by atoms with Crippen LogP contribution in [0.5, 0.6) is 0 Å². The van der Waals surface area contributed by atoms with E-state index in [0.717, 1.165) is 6.42 Å². The van der Waals surface area contributed by atoms with Crippen LogP contribution >= 0.6 is 0 Å². The van der Waals surface area contributed by atoms with Crippen LogP contribution in [-0.4, -0.2) is 50.0 Å². The fourth-order valence-electron chi connectivity index (χ4n) is 1.98. The zero-order valence-corrected chi connectivity index (χ0v) is 15.5. The van der Waals surface area contributed by atoms with Gasteiger partial charge in [0.15, 0.2) is 0 Å². The van der Waals surface area contributed by atoms with E-state index in [1.54, 1.807) is 0 Å². The van der Waals surface area contributed by atoms with E-state index in [9.17, 15) is 4.79 Å². The predicted octanol–water partition coefficient (Wildman–Crippen LogP) is 2.52. The van der Waals surface area contributed by atoms with Crippen LogP contribution in [-0.2, 0) is 14.3 Å². The summed E-state index contributed by atoms with van der Waals surface area (Å²) in [5.74, 6) is -0.0146. The summed E-state index contributed by atoms with van der Waals surface area (Å²) in [4.78, 5) is 14.4. The summed E-state index contributed by atoms with van der Waals surface area (Å²) >= 11 is 0. The van der Waals surface area contributed by atoms with Crippen molar-refractivity contribution in [3.63, 3.8) is 0 Å². The Morgan fingerprint density at radius 3 is 2.42 bits per heavy atom. The van der Waals surface area contributed by atoms with Gasteiger partial charge >= 0.3 is 0 Å². The second-order valence-corrected chi connectivity index (χ2v) is 6.91. The highest BCUT2D eigenvalue weighted by Gasteiger charge is 2.23. The summed E-state index contributed by atoms with van der Waals surface area (Å²) in [6, 6.07) is 0. The number of carbonyl (C=O) groups excluding carboxylic acids is 1. The van der Waals surface area contributed by atoms with Crippen molar-refractivity contribution in [1.29, 1.82) is 0 Å². The minimum Gasteiger partial charge on any atom is -0.375 e. The summed E-state index contributed by atoms with van der Waals surface area (Å²) in [6.07, 6.45) is 2.45. The molecule has 0 atom stereocenters. The van der Waals surface area contributed by atoms with Gasteiger partial charge in [-0.1, -0.05) is 5.11 Å². The molecule has 0 aliphatic carbocycles. The van der Waals surface area contributed by atoms with Gasteiger partial charge in [0, 0.05) is 31.0 Å². The normalized spacial score (nSPS) is 11.9. The number of nitrogens with zero attached hydrogens (tertiary/aromatic N) is 3. The average Bonchev–Trinajstić information content (AvgIpc) is 2.50. The van der Waals surface area contributed by atoms with Crippen LogP contribution in [0.25, 0.3) is 10.4 Å². The van der Waals surface area contributed by atoms with Gasteiger partial charge in [-0.2, -0.15) is 0 Å². The molecule has 0 bridgehead atoms. The second-order valence-electron chi connectivity index (χ2n) is 6.91. The van der Waals surface area contributed by atoms with Gasteiger partial charge < -0.3 is 20.5 Å². The molecule has 0 aromatic rings. The number of amides is 1. The Kier molecular flexibility index (Phi) is 11.4. The molecule has 0 aromatic carbocycles. The maximum absolute atomic E-state index is 11.8. The van der Waals surface area contributed by atoms with E-state index < -0.39 is 0 Å². The van der Waals surface area contributed by atoms with Crippen LogP contribution in [0, 0.1) is 0 Å². The van der Waals surface area contributed by atoms with Gasteiger partial charge in [0.25, 0.3) is 0 Å². The Labute approximate surface area is 145 Å². The van der Waals surface area contributed by atoms with E-state index in [-0.39, 0.29) is 17.1 Å². The van der Waals surface area contributed by atoms with Gasteiger partial charge in [-0.15, -0.1) is 0 Å². The maximum atomic E-state index is 11.8. The molecule has 0 unspecified atom stereocenters. The van der Waals surface area contributed by atoms with Crippen molar-refractivity contribution in [2.24, 2.45) is 10.8 Å². The van der Waals surface area contributed by atoms with Gasteiger partial charge in [-0.3, -0.25) is 4.79 Å². The molecule has 0 aliphatic rings. The first-order valence-electron chi connectivity index (χ1n) is 8.48. The zero-order valence-electron chi connectivity index (χ0n) is 15.5. The fraction of sp³-hybridized carbons (Fsp3) is 0.938. The molecule has 24 heavy (non-hydrogen) atoms. The summed E-state index contributed by atoms with van der Waals surface area (Å²) in [6.45, 7) is 10.5. The largest absolute Gasteiger partial charge is 0.375 e. The quantitative estimate of drug-likeness (QED) is 0.218. The number of nitrogens with two attached hydrogens (primary N) is 1.